The average Bonchev–Trinajstić information content (AvgIpc) is 3.74. The number of hydrogen-bond acceptors (Lipinski definition) is 2. The predicted molar refractivity (Wildman–Crippen MR) is 280 cm³/mol. The molecule has 12 aromatic carbocycles. The second-order valence-corrected chi connectivity index (χ2v) is 17.3. The number of fused-ring (bicyclic) bond motifs is 8. The smallest absolute Gasteiger partial charge is 0.137 e. The fraction of sp³-hybridized carbons (Fsp3) is 0. The molecule has 0 unspecified atom stereocenters. The van der Waals surface area contributed by atoms with Crippen molar-refractivity contribution in [2.75, 3.05) is 4.90 Å². The van der Waals surface area contributed by atoms with Crippen LogP contribution in [0.3, 0.4) is 0 Å². The Labute approximate surface area is 382 Å². The molecule has 0 aliphatic rings. The molecule has 0 radical (unpaired) electrons. The first kappa shape index (κ1) is 37.8. The van der Waals surface area contributed by atoms with Crippen molar-refractivity contribution in [3.05, 3.63) is 249 Å². The lowest BCUT2D eigenvalue weighted by molar-refractivity contribution is 0.669. The van der Waals surface area contributed by atoms with Crippen LogP contribution in [-0.4, -0.2) is 0 Å². The molecule has 0 saturated heterocycles. The third-order valence-electron chi connectivity index (χ3n) is 13.4. The zero-order valence-corrected chi connectivity index (χ0v) is 36.0. The van der Waals surface area contributed by atoms with Crippen LogP contribution < -0.4 is 4.90 Å². The molecule has 0 amide bonds. The van der Waals surface area contributed by atoms with Gasteiger partial charge in [0.2, 0.25) is 0 Å². The third-order valence-corrected chi connectivity index (χ3v) is 13.4. The molecule has 2 heteroatoms. The minimum absolute atomic E-state index is 0.859. The summed E-state index contributed by atoms with van der Waals surface area (Å²) in [5, 5.41) is 12.2. The molecule has 1 heterocycles. The van der Waals surface area contributed by atoms with Crippen molar-refractivity contribution in [2.45, 2.75) is 0 Å². The molecular formula is C64H41NO. The maximum absolute atomic E-state index is 6.65. The van der Waals surface area contributed by atoms with Crippen LogP contribution in [0.2, 0.25) is 0 Å². The highest BCUT2D eigenvalue weighted by atomic mass is 16.3. The van der Waals surface area contributed by atoms with E-state index in [4.69, 9.17) is 4.42 Å². The van der Waals surface area contributed by atoms with Crippen LogP contribution in [0.1, 0.15) is 0 Å². The van der Waals surface area contributed by atoms with Crippen LogP contribution in [0.4, 0.5) is 17.1 Å². The summed E-state index contributed by atoms with van der Waals surface area (Å²) >= 11 is 0. The molecule has 0 aliphatic carbocycles. The Morgan fingerprint density at radius 2 is 0.727 bits per heavy atom. The van der Waals surface area contributed by atoms with Gasteiger partial charge in [0.25, 0.3) is 0 Å². The van der Waals surface area contributed by atoms with Gasteiger partial charge in [-0.05, 0) is 142 Å². The summed E-state index contributed by atoms with van der Waals surface area (Å²) in [6.07, 6.45) is 0. The van der Waals surface area contributed by atoms with E-state index in [0.717, 1.165) is 50.1 Å². The van der Waals surface area contributed by atoms with Crippen LogP contribution >= 0.6 is 0 Å². The van der Waals surface area contributed by atoms with Crippen molar-refractivity contribution < 1.29 is 4.42 Å². The van der Waals surface area contributed by atoms with Crippen molar-refractivity contribution in [2.24, 2.45) is 0 Å². The summed E-state index contributed by atoms with van der Waals surface area (Å²) in [6, 6.07) is 90.2. The quantitative estimate of drug-likeness (QED) is 0.149. The first-order valence-corrected chi connectivity index (χ1v) is 22.6. The second kappa shape index (κ2) is 15.5. The monoisotopic (exact) mass is 839 g/mol. The molecule has 2 nitrogen and oxygen atoms in total. The van der Waals surface area contributed by atoms with Crippen LogP contribution in [0.25, 0.3) is 110 Å². The maximum Gasteiger partial charge on any atom is 0.137 e. The topological polar surface area (TPSA) is 16.4 Å². The molecule has 0 atom stereocenters. The van der Waals surface area contributed by atoms with Gasteiger partial charge < -0.3 is 9.32 Å². The van der Waals surface area contributed by atoms with Crippen molar-refractivity contribution in [3.63, 3.8) is 0 Å². The van der Waals surface area contributed by atoms with Gasteiger partial charge in [0.15, 0.2) is 0 Å². The minimum atomic E-state index is 0.859. The molecule has 13 aromatic rings. The summed E-state index contributed by atoms with van der Waals surface area (Å²) in [4.78, 5) is 2.35. The highest BCUT2D eigenvalue weighted by Crippen LogP contribution is 2.43. The summed E-state index contributed by atoms with van der Waals surface area (Å²) in [5.74, 6) is 0. The van der Waals surface area contributed by atoms with Gasteiger partial charge in [-0.2, -0.15) is 0 Å². The van der Waals surface area contributed by atoms with E-state index in [9.17, 15) is 0 Å². The van der Waals surface area contributed by atoms with Crippen molar-refractivity contribution in [1.29, 1.82) is 0 Å². The number of furan rings is 1. The van der Waals surface area contributed by atoms with Gasteiger partial charge in [-0.1, -0.05) is 188 Å². The van der Waals surface area contributed by atoms with Crippen LogP contribution in [-0.2, 0) is 0 Å². The fourth-order valence-corrected chi connectivity index (χ4v) is 10.2. The first-order chi connectivity index (χ1) is 32.7. The zero-order chi connectivity index (χ0) is 43.6. The van der Waals surface area contributed by atoms with Gasteiger partial charge in [0, 0.05) is 33.9 Å². The third kappa shape index (κ3) is 6.42. The van der Waals surface area contributed by atoms with Crippen molar-refractivity contribution in [3.8, 4) is 44.5 Å². The number of benzene rings is 12. The molecule has 66 heavy (non-hydrogen) atoms. The molecule has 0 N–H and O–H groups in total. The largest absolute Gasteiger partial charge is 0.456 e. The highest BCUT2D eigenvalue weighted by molar-refractivity contribution is 6.14. The standard InChI is InChI=1S/C64H41NO/c1-2-13-44(14-3-1)54-35-36-55(58-23-9-8-22-57(54)58)48-18-12-19-51(37-48)65(52-33-34-60-62-38-46-15-4-5-16-47(46)40-63(62)66-64(60)41-52)50-31-29-43(30-32-50)42-25-27-45(28-26-42)61-39-49-17-6-7-20-53(49)56-21-10-11-24-59(56)61/h1-41H. The van der Waals surface area contributed by atoms with E-state index in [-0.39, 0.29) is 0 Å². The van der Waals surface area contributed by atoms with E-state index in [1.165, 1.54) is 76.5 Å². The normalized spacial score (nSPS) is 11.6. The molecule has 308 valence electrons. The number of anilines is 3. The Balaban J connectivity index is 0.909. The SMILES string of the molecule is c1ccc(-c2ccc(-c3cccc(N(c4ccc(-c5ccc(-c6cc7ccccc7c7ccccc67)cc5)cc4)c4ccc5c(c4)oc4cc6ccccc6cc45)c3)c3ccccc23)cc1. The van der Waals surface area contributed by atoms with Crippen molar-refractivity contribution in [1.82, 2.24) is 0 Å². The van der Waals surface area contributed by atoms with Crippen molar-refractivity contribution >= 4 is 82.1 Å². The molecule has 0 aliphatic heterocycles. The van der Waals surface area contributed by atoms with Gasteiger partial charge in [0.1, 0.15) is 11.2 Å². The number of nitrogens with zero attached hydrogens (tertiary/aromatic N) is 1. The van der Waals surface area contributed by atoms with Crippen LogP contribution in [0, 0.1) is 0 Å². The van der Waals surface area contributed by atoms with E-state index in [0.29, 0.717) is 0 Å². The molecule has 0 spiro atoms. The Kier molecular flexibility index (Phi) is 8.89. The van der Waals surface area contributed by atoms with Gasteiger partial charge in [0.05, 0.1) is 0 Å². The Bertz CT molecular complexity index is 3980. The summed E-state index contributed by atoms with van der Waals surface area (Å²) < 4.78 is 6.65. The molecule has 0 saturated carbocycles. The Hall–Kier alpha value is -8.72. The zero-order valence-electron chi connectivity index (χ0n) is 36.0. The predicted octanol–water partition coefficient (Wildman–Crippen LogP) is 18.3. The average molecular weight is 840 g/mol. The lowest BCUT2D eigenvalue weighted by Gasteiger charge is -2.26. The van der Waals surface area contributed by atoms with Gasteiger partial charge >= 0.3 is 0 Å². The minimum Gasteiger partial charge on any atom is -0.456 e. The summed E-state index contributed by atoms with van der Waals surface area (Å²) in [5.41, 5.74) is 14.5. The lowest BCUT2D eigenvalue weighted by Crippen LogP contribution is -2.10. The Morgan fingerprint density at radius 1 is 0.227 bits per heavy atom. The van der Waals surface area contributed by atoms with Crippen LogP contribution in [0.5, 0.6) is 0 Å². The molecule has 1 aromatic heterocycles. The van der Waals surface area contributed by atoms with E-state index in [1.807, 2.05) is 0 Å². The highest BCUT2D eigenvalue weighted by Gasteiger charge is 2.18. The number of hydrogen-bond donors (Lipinski definition) is 0. The van der Waals surface area contributed by atoms with Gasteiger partial charge in [-0.25, -0.2) is 0 Å². The van der Waals surface area contributed by atoms with Gasteiger partial charge in [-0.15, -0.1) is 0 Å². The summed E-state index contributed by atoms with van der Waals surface area (Å²) in [7, 11) is 0. The molecule has 13 rings (SSSR count). The maximum atomic E-state index is 6.65. The van der Waals surface area contributed by atoms with Crippen LogP contribution in [0.15, 0.2) is 253 Å². The lowest BCUT2D eigenvalue weighted by atomic mass is 9.92. The number of rotatable bonds is 7. The fourth-order valence-electron chi connectivity index (χ4n) is 10.2. The van der Waals surface area contributed by atoms with E-state index >= 15 is 0 Å². The Morgan fingerprint density at radius 3 is 1.45 bits per heavy atom. The van der Waals surface area contributed by atoms with E-state index in [1.54, 1.807) is 0 Å². The summed E-state index contributed by atoms with van der Waals surface area (Å²) in [6.45, 7) is 0. The molecule has 0 bridgehead atoms. The second-order valence-electron chi connectivity index (χ2n) is 17.3. The van der Waals surface area contributed by atoms with E-state index in [2.05, 4.69) is 254 Å². The molecular weight excluding hydrogens is 799 g/mol. The van der Waals surface area contributed by atoms with E-state index < -0.39 is 0 Å². The first-order valence-electron chi connectivity index (χ1n) is 22.6. The van der Waals surface area contributed by atoms with Gasteiger partial charge in [-0.3, -0.25) is 0 Å². The molecule has 0 fully saturated rings.